The van der Waals surface area contributed by atoms with Crippen molar-refractivity contribution >= 4 is 18.0 Å². The van der Waals surface area contributed by atoms with E-state index in [2.05, 4.69) is 0 Å². The van der Waals surface area contributed by atoms with E-state index >= 15 is 0 Å². The van der Waals surface area contributed by atoms with E-state index in [0.29, 0.717) is 17.1 Å². The Balaban J connectivity index is 1.94. The molecule has 0 aliphatic heterocycles. The molecule has 1 atom stereocenters. The Bertz CT molecular complexity index is 679. The average molecular weight is 375 g/mol. The molecule has 0 radical (unpaired) electrons. The van der Waals surface area contributed by atoms with Crippen molar-refractivity contribution in [3.63, 3.8) is 0 Å². The molecule has 6 heteroatoms. The molecule has 0 saturated heterocycles. The number of ether oxygens (including phenoxy) is 3. The van der Waals surface area contributed by atoms with Crippen LogP contribution in [0.25, 0.3) is 6.08 Å². The fraction of sp³-hybridized carbons (Fsp3) is 0.524. The lowest BCUT2D eigenvalue weighted by atomic mass is 9.94. The summed E-state index contributed by atoms with van der Waals surface area (Å²) in [6.07, 6.45) is 7.62. The van der Waals surface area contributed by atoms with Crippen LogP contribution in [0, 0.1) is 0 Å². The summed E-state index contributed by atoms with van der Waals surface area (Å²) < 4.78 is 15.7. The van der Waals surface area contributed by atoms with Gasteiger partial charge < -0.3 is 19.1 Å². The van der Waals surface area contributed by atoms with Gasteiger partial charge in [-0.05, 0) is 38.0 Å². The van der Waals surface area contributed by atoms with Crippen molar-refractivity contribution in [1.82, 2.24) is 4.90 Å². The Hall–Kier alpha value is -2.50. The minimum absolute atomic E-state index is 0.161. The third-order valence-corrected chi connectivity index (χ3v) is 4.95. The molecule has 1 fully saturated rings. The van der Waals surface area contributed by atoms with Crippen molar-refractivity contribution in [2.75, 3.05) is 21.3 Å². The smallest absolute Gasteiger partial charge is 0.331 e. The number of likely N-dealkylation sites (N-methyl/N-ethyl adjacent to an activating group) is 1. The average Bonchev–Trinajstić information content (AvgIpc) is 2.71. The molecule has 2 rings (SSSR count). The number of methoxy groups -OCH3 is 2. The van der Waals surface area contributed by atoms with Gasteiger partial charge in [-0.1, -0.05) is 19.3 Å². The number of amides is 1. The lowest BCUT2D eigenvalue weighted by molar-refractivity contribution is -0.156. The zero-order valence-corrected chi connectivity index (χ0v) is 16.6. The maximum atomic E-state index is 12.5. The summed E-state index contributed by atoms with van der Waals surface area (Å²) in [6, 6.07) is 5.54. The quantitative estimate of drug-likeness (QED) is 0.540. The summed E-state index contributed by atoms with van der Waals surface area (Å²) >= 11 is 0. The summed E-state index contributed by atoms with van der Waals surface area (Å²) in [4.78, 5) is 26.4. The van der Waals surface area contributed by atoms with Crippen molar-refractivity contribution in [2.24, 2.45) is 0 Å². The maximum absolute atomic E-state index is 12.5. The SMILES string of the molecule is COc1ccc(/C=C/C(=O)O[C@@H](C)C(=O)N(C)C2CCCCC2)c(OC)c1. The number of carbonyl (C=O) groups is 2. The van der Waals surface area contributed by atoms with E-state index < -0.39 is 12.1 Å². The zero-order chi connectivity index (χ0) is 19.8. The van der Waals surface area contributed by atoms with Gasteiger partial charge in [0.15, 0.2) is 6.10 Å². The predicted octanol–water partition coefficient (Wildman–Crippen LogP) is 3.44. The van der Waals surface area contributed by atoms with Gasteiger partial charge >= 0.3 is 5.97 Å². The van der Waals surface area contributed by atoms with Crippen molar-refractivity contribution in [3.05, 3.63) is 29.8 Å². The van der Waals surface area contributed by atoms with Gasteiger partial charge in [0.2, 0.25) is 0 Å². The summed E-state index contributed by atoms with van der Waals surface area (Å²) in [5.74, 6) is 0.521. The van der Waals surface area contributed by atoms with Gasteiger partial charge in [-0.25, -0.2) is 4.79 Å². The molecule has 0 bridgehead atoms. The second kappa shape index (κ2) is 10.00. The number of esters is 1. The highest BCUT2D eigenvalue weighted by Gasteiger charge is 2.27. The lowest BCUT2D eigenvalue weighted by Gasteiger charge is -2.32. The van der Waals surface area contributed by atoms with Crippen LogP contribution in [-0.4, -0.2) is 50.2 Å². The molecule has 1 aromatic carbocycles. The highest BCUT2D eigenvalue weighted by Crippen LogP contribution is 2.26. The van der Waals surface area contributed by atoms with Crippen LogP contribution in [0.5, 0.6) is 11.5 Å². The molecule has 0 heterocycles. The first-order valence-corrected chi connectivity index (χ1v) is 9.33. The molecule has 1 aromatic rings. The third-order valence-electron chi connectivity index (χ3n) is 4.95. The van der Waals surface area contributed by atoms with Crippen LogP contribution in [0.1, 0.15) is 44.6 Å². The zero-order valence-electron chi connectivity index (χ0n) is 16.6. The Morgan fingerprint density at radius 3 is 2.48 bits per heavy atom. The van der Waals surface area contributed by atoms with Crippen LogP contribution >= 0.6 is 0 Å². The molecule has 0 spiro atoms. The second-order valence-corrected chi connectivity index (χ2v) is 6.76. The number of carbonyl (C=O) groups excluding carboxylic acids is 2. The summed E-state index contributed by atoms with van der Waals surface area (Å²) in [7, 11) is 4.91. The van der Waals surface area contributed by atoms with Crippen LogP contribution in [0.3, 0.4) is 0 Å². The normalized spacial score (nSPS) is 16.0. The number of rotatable bonds is 7. The number of hydrogen-bond donors (Lipinski definition) is 0. The van der Waals surface area contributed by atoms with Gasteiger partial charge in [0.1, 0.15) is 11.5 Å². The fourth-order valence-corrected chi connectivity index (χ4v) is 3.31. The Labute approximate surface area is 161 Å². The fourth-order valence-electron chi connectivity index (χ4n) is 3.31. The maximum Gasteiger partial charge on any atom is 0.331 e. The minimum atomic E-state index is -0.813. The van der Waals surface area contributed by atoms with Crippen LogP contribution < -0.4 is 9.47 Å². The third kappa shape index (κ3) is 5.74. The standard InChI is InChI=1S/C21H29NO5/c1-15(21(24)22(2)17-8-6-5-7-9-17)27-20(23)13-11-16-10-12-18(25-3)14-19(16)26-4/h10-15,17H,5-9H2,1-4H3/b13-11+/t15-/m0/s1. The van der Waals surface area contributed by atoms with Gasteiger partial charge in [-0.2, -0.15) is 0 Å². The molecule has 1 aliphatic rings. The first-order valence-electron chi connectivity index (χ1n) is 9.33. The van der Waals surface area contributed by atoms with Gasteiger partial charge in [-0.15, -0.1) is 0 Å². The van der Waals surface area contributed by atoms with Crippen LogP contribution in [0.4, 0.5) is 0 Å². The molecule has 1 amide bonds. The molecular formula is C21H29NO5. The van der Waals surface area contributed by atoms with E-state index in [1.807, 2.05) is 0 Å². The summed E-state index contributed by atoms with van der Waals surface area (Å²) in [5.41, 5.74) is 0.716. The molecule has 0 aromatic heterocycles. The Morgan fingerprint density at radius 1 is 1.15 bits per heavy atom. The van der Waals surface area contributed by atoms with Crippen molar-refractivity contribution in [1.29, 1.82) is 0 Å². The molecule has 27 heavy (non-hydrogen) atoms. The van der Waals surface area contributed by atoms with Gasteiger partial charge in [0, 0.05) is 30.8 Å². The topological polar surface area (TPSA) is 65.1 Å². The molecule has 1 saturated carbocycles. The molecular weight excluding hydrogens is 346 g/mol. The van der Waals surface area contributed by atoms with E-state index in [0.717, 1.165) is 25.7 Å². The Morgan fingerprint density at radius 2 is 1.85 bits per heavy atom. The second-order valence-electron chi connectivity index (χ2n) is 6.76. The first-order chi connectivity index (χ1) is 13.0. The van der Waals surface area contributed by atoms with Crippen molar-refractivity contribution in [2.45, 2.75) is 51.2 Å². The van der Waals surface area contributed by atoms with Gasteiger partial charge in [0.05, 0.1) is 14.2 Å². The monoisotopic (exact) mass is 375 g/mol. The number of benzene rings is 1. The number of nitrogens with zero attached hydrogens (tertiary/aromatic N) is 1. The highest BCUT2D eigenvalue weighted by molar-refractivity contribution is 5.90. The molecule has 0 unspecified atom stereocenters. The van der Waals surface area contributed by atoms with E-state index in [4.69, 9.17) is 14.2 Å². The van der Waals surface area contributed by atoms with Crippen LogP contribution in [0.15, 0.2) is 24.3 Å². The van der Waals surface area contributed by atoms with E-state index in [1.54, 1.807) is 57.4 Å². The van der Waals surface area contributed by atoms with Gasteiger partial charge in [-0.3, -0.25) is 4.79 Å². The molecule has 1 aliphatic carbocycles. The van der Waals surface area contributed by atoms with Gasteiger partial charge in [0.25, 0.3) is 5.91 Å². The number of hydrogen-bond acceptors (Lipinski definition) is 5. The van der Waals surface area contributed by atoms with E-state index in [9.17, 15) is 9.59 Å². The minimum Gasteiger partial charge on any atom is -0.497 e. The van der Waals surface area contributed by atoms with Crippen LogP contribution in [0.2, 0.25) is 0 Å². The van der Waals surface area contributed by atoms with Crippen molar-refractivity contribution in [3.8, 4) is 11.5 Å². The van der Waals surface area contributed by atoms with E-state index in [-0.39, 0.29) is 11.9 Å². The Kier molecular flexibility index (Phi) is 7.70. The largest absolute Gasteiger partial charge is 0.497 e. The molecule has 6 nitrogen and oxygen atoms in total. The van der Waals surface area contributed by atoms with Crippen molar-refractivity contribution < 1.29 is 23.8 Å². The summed E-state index contributed by atoms with van der Waals surface area (Å²) in [5, 5.41) is 0. The highest BCUT2D eigenvalue weighted by atomic mass is 16.5. The lowest BCUT2D eigenvalue weighted by Crippen LogP contribution is -2.44. The first kappa shape index (κ1) is 20.8. The predicted molar refractivity (Wildman–Crippen MR) is 104 cm³/mol. The van der Waals surface area contributed by atoms with Crippen LogP contribution in [-0.2, 0) is 14.3 Å². The summed E-state index contributed by atoms with van der Waals surface area (Å²) in [6.45, 7) is 1.61. The molecule has 0 N–H and O–H groups in total. The molecule has 148 valence electrons. The van der Waals surface area contributed by atoms with E-state index in [1.165, 1.54) is 12.5 Å².